The molecule has 1 atom stereocenters. The maximum atomic E-state index is 12.6. The van der Waals surface area contributed by atoms with Crippen molar-refractivity contribution in [1.29, 1.82) is 5.41 Å². The lowest BCUT2D eigenvalue weighted by Crippen LogP contribution is -2.09. The van der Waals surface area contributed by atoms with Gasteiger partial charge in [-0.2, -0.15) is 15.3 Å². The van der Waals surface area contributed by atoms with Crippen LogP contribution in [0.2, 0.25) is 0 Å². The summed E-state index contributed by atoms with van der Waals surface area (Å²) in [6.45, 7) is 7.97. The highest BCUT2D eigenvalue weighted by Crippen LogP contribution is 2.27. The third kappa shape index (κ3) is 3.54. The average Bonchev–Trinajstić information content (AvgIpc) is 3.00. The number of allylic oxidation sites excluding steroid dienone is 1. The molecule has 3 aromatic rings. The minimum Gasteiger partial charge on any atom is -0.303 e. The topological polar surface area (TPSA) is 67.5 Å². The molecule has 1 N–H and O–H groups in total. The van der Waals surface area contributed by atoms with E-state index >= 15 is 0 Å². The fourth-order valence-electron chi connectivity index (χ4n) is 2.93. The van der Waals surface area contributed by atoms with Gasteiger partial charge in [0, 0.05) is 10.9 Å². The summed E-state index contributed by atoms with van der Waals surface area (Å²) in [4.78, 5) is 0. The van der Waals surface area contributed by atoms with Gasteiger partial charge in [0.05, 0.1) is 36.8 Å². The lowest BCUT2D eigenvalue weighted by molar-refractivity contribution is 0.421. The Kier molecular flexibility index (Phi) is 5.21. The first-order chi connectivity index (χ1) is 12.5. The van der Waals surface area contributed by atoms with Crippen molar-refractivity contribution in [3.8, 4) is 11.1 Å². The van der Waals surface area contributed by atoms with E-state index < -0.39 is 0 Å². The summed E-state index contributed by atoms with van der Waals surface area (Å²) >= 11 is 0. The molecule has 5 nitrogen and oxygen atoms in total. The summed E-state index contributed by atoms with van der Waals surface area (Å²) in [6, 6.07) is 7.93. The van der Waals surface area contributed by atoms with Gasteiger partial charge in [-0.15, -0.1) is 0 Å². The van der Waals surface area contributed by atoms with Gasteiger partial charge in [0.25, 0.3) is 0 Å². The number of fused-ring (bicyclic) bond motifs is 1. The molecule has 1 unspecified atom stereocenters. The van der Waals surface area contributed by atoms with Crippen LogP contribution in [0.15, 0.2) is 48.8 Å². The number of benzene rings is 1. The molecule has 26 heavy (non-hydrogen) atoms. The first kappa shape index (κ1) is 17.9. The molecule has 1 aromatic carbocycles. The minimum atomic E-state index is -0.353. The van der Waals surface area contributed by atoms with E-state index in [4.69, 9.17) is 5.41 Å². The molecule has 2 heterocycles. The molecule has 0 radical (unpaired) electrons. The fraction of sp³-hybridized carbons (Fsp3) is 0.300. The van der Waals surface area contributed by atoms with Gasteiger partial charge in [0.1, 0.15) is 5.69 Å². The van der Waals surface area contributed by atoms with Crippen molar-refractivity contribution >= 4 is 16.6 Å². The molecule has 0 fully saturated rings. The molecular weight excluding hydrogens is 329 g/mol. The number of rotatable bonds is 7. The van der Waals surface area contributed by atoms with Crippen molar-refractivity contribution in [2.75, 3.05) is 6.67 Å². The van der Waals surface area contributed by atoms with Crippen LogP contribution in [-0.4, -0.2) is 32.4 Å². The number of hydrogen-bond acceptors (Lipinski definition) is 4. The SMILES string of the molecule is C=C(Cn1nc(C(C)=N)c2cc(-c3ccnnc3)ccc21)C(C)CCF. The molecule has 0 aliphatic heterocycles. The van der Waals surface area contributed by atoms with Crippen molar-refractivity contribution in [3.05, 3.63) is 54.5 Å². The Hall–Kier alpha value is -2.89. The quantitative estimate of drug-likeness (QED) is 0.506. The van der Waals surface area contributed by atoms with E-state index in [2.05, 4.69) is 21.9 Å². The maximum Gasteiger partial charge on any atom is 0.113 e. The summed E-state index contributed by atoms with van der Waals surface area (Å²) in [5.41, 5.74) is 4.88. The van der Waals surface area contributed by atoms with Crippen molar-refractivity contribution in [2.45, 2.75) is 26.8 Å². The summed E-state index contributed by atoms with van der Waals surface area (Å²) in [6.07, 6.45) is 3.83. The summed E-state index contributed by atoms with van der Waals surface area (Å²) < 4.78 is 14.5. The second-order valence-electron chi connectivity index (χ2n) is 6.53. The monoisotopic (exact) mass is 351 g/mol. The molecule has 2 aromatic heterocycles. The predicted octanol–water partition coefficient (Wildman–Crippen LogP) is 4.43. The molecular formula is C20H22FN5. The Morgan fingerprint density at radius 3 is 2.73 bits per heavy atom. The number of nitrogens with zero attached hydrogens (tertiary/aromatic N) is 4. The Morgan fingerprint density at radius 2 is 2.08 bits per heavy atom. The van der Waals surface area contributed by atoms with Crippen molar-refractivity contribution in [2.24, 2.45) is 5.92 Å². The first-order valence-corrected chi connectivity index (χ1v) is 8.58. The molecule has 3 rings (SSSR count). The average molecular weight is 351 g/mol. The summed E-state index contributed by atoms with van der Waals surface area (Å²) in [7, 11) is 0. The fourth-order valence-corrected chi connectivity index (χ4v) is 2.93. The lowest BCUT2D eigenvalue weighted by Gasteiger charge is -2.13. The highest BCUT2D eigenvalue weighted by Gasteiger charge is 2.15. The van der Waals surface area contributed by atoms with E-state index in [-0.39, 0.29) is 12.6 Å². The zero-order valence-corrected chi connectivity index (χ0v) is 15.0. The minimum absolute atomic E-state index is 0.0888. The Bertz CT molecular complexity index is 945. The third-order valence-electron chi connectivity index (χ3n) is 4.62. The van der Waals surface area contributed by atoms with Crippen LogP contribution in [-0.2, 0) is 6.54 Å². The van der Waals surface area contributed by atoms with Crippen molar-refractivity contribution < 1.29 is 4.39 Å². The predicted molar refractivity (Wildman–Crippen MR) is 102 cm³/mol. The van der Waals surface area contributed by atoms with Crippen LogP contribution in [0, 0.1) is 11.3 Å². The molecule has 6 heteroatoms. The van der Waals surface area contributed by atoms with Gasteiger partial charge in [-0.25, -0.2) is 0 Å². The summed E-state index contributed by atoms with van der Waals surface area (Å²) in [5, 5.41) is 21.3. The molecule has 0 aliphatic rings. The van der Waals surface area contributed by atoms with Crippen LogP contribution in [0.25, 0.3) is 22.0 Å². The van der Waals surface area contributed by atoms with Gasteiger partial charge < -0.3 is 5.41 Å². The zero-order chi connectivity index (χ0) is 18.7. The highest BCUT2D eigenvalue weighted by molar-refractivity contribution is 6.07. The Labute approximate surface area is 152 Å². The van der Waals surface area contributed by atoms with Gasteiger partial charge in [-0.1, -0.05) is 25.1 Å². The van der Waals surface area contributed by atoms with Crippen molar-refractivity contribution in [1.82, 2.24) is 20.0 Å². The molecule has 0 saturated carbocycles. The van der Waals surface area contributed by atoms with Crippen LogP contribution in [0.5, 0.6) is 0 Å². The van der Waals surface area contributed by atoms with Gasteiger partial charge in [0.2, 0.25) is 0 Å². The van der Waals surface area contributed by atoms with Crippen LogP contribution in [0.4, 0.5) is 4.39 Å². The van der Waals surface area contributed by atoms with Crippen LogP contribution in [0.1, 0.15) is 26.0 Å². The smallest absolute Gasteiger partial charge is 0.113 e. The second kappa shape index (κ2) is 7.56. The van der Waals surface area contributed by atoms with E-state index in [9.17, 15) is 4.39 Å². The Balaban J connectivity index is 2.03. The molecule has 0 saturated heterocycles. The molecule has 0 spiro atoms. The van der Waals surface area contributed by atoms with Gasteiger partial charge in [0.15, 0.2) is 0 Å². The number of alkyl halides is 1. The molecule has 0 aliphatic carbocycles. The van der Waals surface area contributed by atoms with Crippen molar-refractivity contribution in [3.63, 3.8) is 0 Å². The number of nitrogens with one attached hydrogen (secondary N) is 1. The van der Waals surface area contributed by atoms with Crippen LogP contribution < -0.4 is 0 Å². The van der Waals surface area contributed by atoms with Gasteiger partial charge in [-0.05, 0) is 43.0 Å². The number of hydrogen-bond donors (Lipinski definition) is 1. The summed E-state index contributed by atoms with van der Waals surface area (Å²) in [5.74, 6) is 0.0888. The second-order valence-corrected chi connectivity index (χ2v) is 6.53. The first-order valence-electron chi connectivity index (χ1n) is 8.58. The van der Waals surface area contributed by atoms with Gasteiger partial charge in [-0.3, -0.25) is 9.07 Å². The molecule has 0 bridgehead atoms. The van der Waals surface area contributed by atoms with E-state index in [0.29, 0.717) is 24.4 Å². The molecule has 134 valence electrons. The maximum absolute atomic E-state index is 12.6. The number of aromatic nitrogens is 4. The lowest BCUT2D eigenvalue weighted by atomic mass is 10.00. The zero-order valence-electron chi connectivity index (χ0n) is 15.0. The van der Waals surface area contributed by atoms with E-state index in [1.54, 1.807) is 19.3 Å². The molecule has 0 amide bonds. The van der Waals surface area contributed by atoms with E-state index in [1.165, 1.54) is 0 Å². The normalized spacial score (nSPS) is 12.3. The van der Waals surface area contributed by atoms with Gasteiger partial charge >= 0.3 is 0 Å². The third-order valence-corrected chi connectivity index (χ3v) is 4.62. The Morgan fingerprint density at radius 1 is 1.27 bits per heavy atom. The number of halogens is 1. The largest absolute Gasteiger partial charge is 0.303 e. The van der Waals surface area contributed by atoms with Crippen LogP contribution >= 0.6 is 0 Å². The highest BCUT2D eigenvalue weighted by atomic mass is 19.1. The standard InChI is InChI=1S/C20H22FN5/c1-13(6-8-21)14(2)12-26-19-5-4-16(17-7-9-23-24-11-17)10-18(19)20(25-26)15(3)22/h4-5,7,9-11,13,22H,2,6,8,12H2,1,3H3. The van der Waals surface area contributed by atoms with E-state index in [0.717, 1.165) is 27.6 Å². The van der Waals surface area contributed by atoms with Crippen LogP contribution in [0.3, 0.4) is 0 Å². The van der Waals surface area contributed by atoms with E-state index in [1.807, 2.05) is 35.9 Å².